The van der Waals surface area contributed by atoms with Crippen molar-refractivity contribution in [1.82, 2.24) is 0 Å². The molecule has 0 aromatic carbocycles. The Morgan fingerprint density at radius 3 is 3.00 bits per heavy atom. The van der Waals surface area contributed by atoms with Crippen LogP contribution in [0.4, 0.5) is 0 Å². The summed E-state index contributed by atoms with van der Waals surface area (Å²) in [6, 6.07) is 0. The van der Waals surface area contributed by atoms with Crippen molar-refractivity contribution in [3.63, 3.8) is 0 Å². The van der Waals surface area contributed by atoms with Crippen LogP contribution >= 0.6 is 0 Å². The highest BCUT2D eigenvalue weighted by molar-refractivity contribution is 5.81. The molecule has 1 unspecified atom stereocenters. The second-order valence-electron chi connectivity index (χ2n) is 2.84. The molecule has 0 aliphatic heterocycles. The first-order valence-corrected chi connectivity index (χ1v) is 4.31. The van der Waals surface area contributed by atoms with Crippen molar-refractivity contribution in [2.75, 3.05) is 0 Å². The molecule has 1 rings (SSSR count). The molecule has 0 aromatic rings. The predicted octanol–water partition coefficient (Wildman–Crippen LogP) is 2.21. The lowest BCUT2D eigenvalue weighted by Crippen LogP contribution is -2.17. The SMILES string of the molecule is CC=CC(=O)OC1CC=CCC1. The molecular weight excluding hydrogens is 152 g/mol. The van der Waals surface area contributed by atoms with Gasteiger partial charge in [0.05, 0.1) is 0 Å². The Balaban J connectivity index is 2.30. The molecule has 0 aromatic heterocycles. The Morgan fingerprint density at radius 2 is 2.42 bits per heavy atom. The van der Waals surface area contributed by atoms with Gasteiger partial charge in [-0.3, -0.25) is 0 Å². The third-order valence-electron chi connectivity index (χ3n) is 1.81. The molecule has 0 amide bonds. The van der Waals surface area contributed by atoms with E-state index in [4.69, 9.17) is 4.74 Å². The molecule has 2 heteroatoms. The molecule has 0 N–H and O–H groups in total. The summed E-state index contributed by atoms with van der Waals surface area (Å²) >= 11 is 0. The molecule has 1 aliphatic carbocycles. The Labute approximate surface area is 72.9 Å². The normalized spacial score (nSPS) is 22.9. The van der Waals surface area contributed by atoms with Crippen molar-refractivity contribution in [2.24, 2.45) is 0 Å². The van der Waals surface area contributed by atoms with Crippen LogP contribution in [0.3, 0.4) is 0 Å². The first-order valence-electron chi connectivity index (χ1n) is 4.31. The van der Waals surface area contributed by atoms with Crippen molar-refractivity contribution in [2.45, 2.75) is 32.3 Å². The van der Waals surface area contributed by atoms with Gasteiger partial charge in [0.15, 0.2) is 0 Å². The van der Waals surface area contributed by atoms with Crippen LogP contribution < -0.4 is 0 Å². The molecule has 1 aliphatic rings. The van der Waals surface area contributed by atoms with Gasteiger partial charge in [-0.1, -0.05) is 18.2 Å². The van der Waals surface area contributed by atoms with Crippen LogP contribution in [0.15, 0.2) is 24.3 Å². The topological polar surface area (TPSA) is 26.3 Å². The minimum atomic E-state index is -0.224. The van der Waals surface area contributed by atoms with E-state index in [0.717, 1.165) is 19.3 Å². The van der Waals surface area contributed by atoms with Crippen LogP contribution in [0.2, 0.25) is 0 Å². The van der Waals surface area contributed by atoms with E-state index >= 15 is 0 Å². The van der Waals surface area contributed by atoms with Gasteiger partial charge in [-0.05, 0) is 19.8 Å². The standard InChI is InChI=1S/C10H14O2/c1-2-6-10(11)12-9-7-4-3-5-8-9/h2-4,6,9H,5,7-8H2,1H3. The number of ether oxygens (including phenoxy) is 1. The summed E-state index contributed by atoms with van der Waals surface area (Å²) in [5, 5.41) is 0. The largest absolute Gasteiger partial charge is 0.459 e. The van der Waals surface area contributed by atoms with Crippen LogP contribution in [-0.4, -0.2) is 12.1 Å². The minimum Gasteiger partial charge on any atom is -0.459 e. The van der Waals surface area contributed by atoms with E-state index < -0.39 is 0 Å². The second kappa shape index (κ2) is 4.75. The van der Waals surface area contributed by atoms with Crippen LogP contribution in [0.25, 0.3) is 0 Å². The zero-order valence-electron chi connectivity index (χ0n) is 7.32. The van der Waals surface area contributed by atoms with Gasteiger partial charge in [0, 0.05) is 12.5 Å². The lowest BCUT2D eigenvalue weighted by molar-refractivity contribution is -0.143. The summed E-state index contributed by atoms with van der Waals surface area (Å²) in [6.07, 6.45) is 10.3. The fourth-order valence-corrected chi connectivity index (χ4v) is 1.21. The smallest absolute Gasteiger partial charge is 0.330 e. The molecule has 2 nitrogen and oxygen atoms in total. The maximum Gasteiger partial charge on any atom is 0.330 e. The van der Waals surface area contributed by atoms with Gasteiger partial charge in [-0.25, -0.2) is 4.79 Å². The van der Waals surface area contributed by atoms with Crippen LogP contribution in [0, 0.1) is 0 Å². The lowest BCUT2D eigenvalue weighted by Gasteiger charge is -2.17. The van der Waals surface area contributed by atoms with Crippen molar-refractivity contribution < 1.29 is 9.53 Å². The molecule has 0 fully saturated rings. The Bertz CT molecular complexity index is 204. The Morgan fingerprint density at radius 1 is 1.58 bits per heavy atom. The third kappa shape index (κ3) is 2.91. The van der Waals surface area contributed by atoms with Crippen molar-refractivity contribution >= 4 is 5.97 Å². The van der Waals surface area contributed by atoms with E-state index in [1.165, 1.54) is 6.08 Å². The number of carbonyl (C=O) groups is 1. The highest BCUT2D eigenvalue weighted by Crippen LogP contribution is 2.14. The highest BCUT2D eigenvalue weighted by atomic mass is 16.5. The van der Waals surface area contributed by atoms with E-state index in [2.05, 4.69) is 12.2 Å². The quantitative estimate of drug-likeness (QED) is 0.357. The van der Waals surface area contributed by atoms with Gasteiger partial charge in [-0.2, -0.15) is 0 Å². The summed E-state index contributed by atoms with van der Waals surface area (Å²) in [7, 11) is 0. The molecule has 12 heavy (non-hydrogen) atoms. The lowest BCUT2D eigenvalue weighted by atomic mass is 10.1. The number of esters is 1. The highest BCUT2D eigenvalue weighted by Gasteiger charge is 2.12. The molecule has 0 radical (unpaired) electrons. The van der Waals surface area contributed by atoms with Gasteiger partial charge in [0.25, 0.3) is 0 Å². The number of carbonyl (C=O) groups excluding carboxylic acids is 1. The average Bonchev–Trinajstić information content (AvgIpc) is 2.06. The number of hydrogen-bond acceptors (Lipinski definition) is 2. The summed E-state index contributed by atoms with van der Waals surface area (Å²) in [4.78, 5) is 11.0. The third-order valence-corrected chi connectivity index (χ3v) is 1.81. The fourth-order valence-electron chi connectivity index (χ4n) is 1.21. The van der Waals surface area contributed by atoms with Gasteiger partial charge in [-0.15, -0.1) is 0 Å². The molecule has 1 atom stereocenters. The fraction of sp³-hybridized carbons (Fsp3) is 0.500. The van der Waals surface area contributed by atoms with Gasteiger partial charge in [0.2, 0.25) is 0 Å². The van der Waals surface area contributed by atoms with Crippen LogP contribution in [-0.2, 0) is 9.53 Å². The zero-order valence-corrected chi connectivity index (χ0v) is 7.32. The summed E-state index contributed by atoms with van der Waals surface area (Å²) in [5.41, 5.74) is 0. The van der Waals surface area contributed by atoms with Crippen LogP contribution in [0.5, 0.6) is 0 Å². The van der Waals surface area contributed by atoms with E-state index in [9.17, 15) is 4.79 Å². The maximum absolute atomic E-state index is 11.0. The monoisotopic (exact) mass is 166 g/mol. The van der Waals surface area contributed by atoms with E-state index in [-0.39, 0.29) is 12.1 Å². The number of allylic oxidation sites excluding steroid dienone is 2. The van der Waals surface area contributed by atoms with Crippen molar-refractivity contribution in [3.05, 3.63) is 24.3 Å². The summed E-state index contributed by atoms with van der Waals surface area (Å²) in [5.74, 6) is -0.224. The van der Waals surface area contributed by atoms with Gasteiger partial charge in [0.1, 0.15) is 6.10 Å². The summed E-state index contributed by atoms with van der Waals surface area (Å²) < 4.78 is 5.15. The Hall–Kier alpha value is -1.05. The number of rotatable bonds is 2. The molecule has 0 saturated carbocycles. The molecule has 0 heterocycles. The van der Waals surface area contributed by atoms with E-state index in [1.54, 1.807) is 6.08 Å². The van der Waals surface area contributed by atoms with Crippen molar-refractivity contribution in [1.29, 1.82) is 0 Å². The van der Waals surface area contributed by atoms with Crippen LogP contribution in [0.1, 0.15) is 26.2 Å². The van der Waals surface area contributed by atoms with Gasteiger partial charge < -0.3 is 4.74 Å². The predicted molar refractivity (Wildman–Crippen MR) is 47.7 cm³/mol. The molecule has 0 saturated heterocycles. The molecule has 0 spiro atoms. The van der Waals surface area contributed by atoms with E-state index in [1.807, 2.05) is 6.92 Å². The second-order valence-corrected chi connectivity index (χ2v) is 2.84. The van der Waals surface area contributed by atoms with Crippen molar-refractivity contribution in [3.8, 4) is 0 Å². The Kier molecular flexibility index (Phi) is 3.58. The molecular formula is C10H14O2. The summed E-state index contributed by atoms with van der Waals surface area (Å²) in [6.45, 7) is 1.81. The van der Waals surface area contributed by atoms with E-state index in [0.29, 0.717) is 0 Å². The first-order chi connectivity index (χ1) is 5.83. The first kappa shape index (κ1) is 9.04. The average molecular weight is 166 g/mol. The van der Waals surface area contributed by atoms with Gasteiger partial charge >= 0.3 is 5.97 Å². The number of hydrogen-bond donors (Lipinski definition) is 0. The zero-order chi connectivity index (χ0) is 8.81. The minimum absolute atomic E-state index is 0.0960. The molecule has 0 bridgehead atoms. The molecule has 66 valence electrons. The maximum atomic E-state index is 11.0.